The highest BCUT2D eigenvalue weighted by Gasteiger charge is 2.24. The summed E-state index contributed by atoms with van der Waals surface area (Å²) in [5.41, 5.74) is 6.87. The highest BCUT2D eigenvalue weighted by Crippen LogP contribution is 2.34. The third-order valence-electron chi connectivity index (χ3n) is 5.58. The van der Waals surface area contributed by atoms with E-state index in [0.717, 1.165) is 66.6 Å². The molecular weight excluding hydrogens is 372 g/mol. The minimum Gasteiger partial charge on any atom is -0.351 e. The van der Waals surface area contributed by atoms with E-state index < -0.39 is 0 Å². The van der Waals surface area contributed by atoms with Crippen LogP contribution in [-0.2, 0) is 0 Å². The van der Waals surface area contributed by atoms with Gasteiger partial charge in [-0.25, -0.2) is 15.0 Å². The second-order valence-electron chi connectivity index (χ2n) is 7.31. The summed E-state index contributed by atoms with van der Waals surface area (Å²) >= 11 is 0. The molecule has 6 aromatic rings. The number of rotatable bonds is 1. The lowest BCUT2D eigenvalue weighted by atomic mass is 10.1. The zero-order valence-corrected chi connectivity index (χ0v) is 15.7. The Morgan fingerprint density at radius 2 is 1.40 bits per heavy atom. The van der Waals surface area contributed by atoms with Crippen molar-refractivity contribution in [3.05, 3.63) is 86.2 Å². The minimum absolute atomic E-state index is 0.721. The van der Waals surface area contributed by atoms with Crippen LogP contribution in [0.3, 0.4) is 0 Å². The van der Waals surface area contributed by atoms with Gasteiger partial charge >= 0.3 is 0 Å². The summed E-state index contributed by atoms with van der Waals surface area (Å²) in [6, 6.07) is 12.0. The predicted octanol–water partition coefficient (Wildman–Crippen LogP) is 4.51. The molecule has 0 amide bonds. The molecule has 0 aliphatic heterocycles. The summed E-state index contributed by atoms with van der Waals surface area (Å²) in [6.45, 7) is 0. The number of aromatic nitrogens is 6. The van der Waals surface area contributed by atoms with Crippen molar-refractivity contribution in [1.29, 1.82) is 0 Å². The van der Waals surface area contributed by atoms with E-state index in [9.17, 15) is 0 Å². The lowest BCUT2D eigenvalue weighted by molar-refractivity contribution is 1.10. The van der Waals surface area contributed by atoms with Crippen LogP contribution in [0.2, 0.25) is 0 Å². The van der Waals surface area contributed by atoms with Crippen molar-refractivity contribution in [2.75, 3.05) is 0 Å². The van der Waals surface area contributed by atoms with Crippen molar-refractivity contribution < 1.29 is 0 Å². The van der Waals surface area contributed by atoms with Gasteiger partial charge in [-0.3, -0.25) is 9.97 Å². The Kier molecular flexibility index (Phi) is 3.19. The maximum Gasteiger partial charge on any atom is 0.137 e. The van der Waals surface area contributed by atoms with E-state index in [1.807, 2.05) is 56.0 Å². The van der Waals surface area contributed by atoms with Crippen LogP contribution < -0.4 is 0 Å². The average molecular weight is 385 g/mol. The number of benzene rings is 2. The van der Waals surface area contributed by atoms with Gasteiger partial charge in [0.25, 0.3) is 0 Å². The summed E-state index contributed by atoms with van der Waals surface area (Å²) in [5.74, 6) is 1.73. The Bertz CT molecular complexity index is 1610. The molecule has 1 fully saturated rings. The summed E-state index contributed by atoms with van der Waals surface area (Å²) in [4.78, 5) is 27.4. The number of hydrogen-bond acceptors (Lipinski definition) is 5. The van der Waals surface area contributed by atoms with Crippen LogP contribution in [0, 0.1) is 31.6 Å². The molecule has 30 heavy (non-hydrogen) atoms. The quantitative estimate of drug-likeness (QED) is 0.333. The van der Waals surface area contributed by atoms with Gasteiger partial charge < -0.3 is 4.98 Å². The number of fused-ring (bicyclic) bond motifs is 9. The van der Waals surface area contributed by atoms with Crippen LogP contribution in [0.25, 0.3) is 54.9 Å². The zero-order valence-electron chi connectivity index (χ0n) is 15.7. The van der Waals surface area contributed by atoms with Crippen molar-refractivity contribution in [2.45, 2.75) is 0 Å². The first-order chi connectivity index (χ1) is 14.9. The van der Waals surface area contributed by atoms with Crippen LogP contribution in [-0.4, -0.2) is 29.9 Å². The van der Waals surface area contributed by atoms with Gasteiger partial charge in [-0.15, -0.1) is 0 Å². The number of hydrogen-bond donors (Lipinski definition) is 1. The van der Waals surface area contributed by atoms with E-state index in [2.05, 4.69) is 21.0 Å². The van der Waals surface area contributed by atoms with E-state index in [-0.39, 0.29) is 0 Å². The maximum absolute atomic E-state index is 5.08. The first kappa shape index (κ1) is 16.2. The molecule has 5 radical (unpaired) electrons. The Hall–Kier alpha value is -3.67. The third-order valence-corrected chi connectivity index (χ3v) is 5.58. The Labute approximate surface area is 171 Å². The molecule has 1 aliphatic carbocycles. The van der Waals surface area contributed by atoms with Crippen molar-refractivity contribution in [1.82, 2.24) is 29.9 Å². The summed E-state index contributed by atoms with van der Waals surface area (Å²) in [6.07, 6.45) is 11.6. The summed E-state index contributed by atoms with van der Waals surface area (Å²) in [5, 5.41) is 1.96. The molecule has 1 aliphatic rings. The van der Waals surface area contributed by atoms with E-state index in [0.29, 0.717) is 0 Å². The maximum atomic E-state index is 5.08. The lowest BCUT2D eigenvalue weighted by Crippen LogP contribution is -1.96. The molecule has 0 spiro atoms. The number of nitrogens with one attached hydrogen (secondary N) is 1. The molecule has 7 rings (SSSR count). The standard InChI is InChI=1S/C24H13N6/c1-2-6-13(5-1)24-28-17-10-9-16-22(23(17)30-24)29-21-15-8-4-12-26-19(15)18-14(20(21)27-16)7-3-11-25-18/h1-12,27H. The molecule has 4 aromatic heterocycles. The molecule has 1 N–H and O–H groups in total. The van der Waals surface area contributed by atoms with Gasteiger partial charge in [-0.05, 0) is 62.1 Å². The van der Waals surface area contributed by atoms with E-state index in [1.165, 1.54) is 0 Å². The van der Waals surface area contributed by atoms with Gasteiger partial charge in [0.15, 0.2) is 0 Å². The Morgan fingerprint density at radius 3 is 2.23 bits per heavy atom. The molecule has 4 heterocycles. The normalized spacial score (nSPS) is 15.3. The van der Waals surface area contributed by atoms with Crippen molar-refractivity contribution in [3.63, 3.8) is 0 Å². The third kappa shape index (κ3) is 2.16. The monoisotopic (exact) mass is 385 g/mol. The fourth-order valence-corrected chi connectivity index (χ4v) is 4.21. The Morgan fingerprint density at radius 1 is 0.633 bits per heavy atom. The molecule has 0 bridgehead atoms. The van der Waals surface area contributed by atoms with Crippen molar-refractivity contribution >= 4 is 54.9 Å². The topological polar surface area (TPSA) is 80.2 Å². The largest absolute Gasteiger partial charge is 0.351 e. The second kappa shape index (κ2) is 5.92. The minimum atomic E-state index is 0.721. The van der Waals surface area contributed by atoms with Crippen molar-refractivity contribution in [3.8, 4) is 0 Å². The molecule has 0 atom stereocenters. The first-order valence-electron chi connectivity index (χ1n) is 9.70. The van der Waals surface area contributed by atoms with Gasteiger partial charge in [0.05, 0.1) is 39.0 Å². The SMILES string of the molecule is [CH]1[CH][CH][C](c2nc3ccc4[nH]c5c6cccnc6c6ncccc6c5nc4c3n2)[CH]1. The molecule has 1 saturated carbocycles. The van der Waals surface area contributed by atoms with E-state index >= 15 is 0 Å². The fourth-order valence-electron chi connectivity index (χ4n) is 4.21. The molecule has 0 saturated heterocycles. The van der Waals surface area contributed by atoms with Crippen molar-refractivity contribution in [2.24, 2.45) is 0 Å². The smallest absolute Gasteiger partial charge is 0.137 e. The Balaban J connectivity index is 1.63. The highest BCUT2D eigenvalue weighted by atomic mass is 15.0. The number of pyridine rings is 2. The van der Waals surface area contributed by atoms with Gasteiger partial charge in [0, 0.05) is 23.2 Å². The zero-order chi connectivity index (χ0) is 19.7. The number of H-pyrrole nitrogens is 1. The number of imidazole rings is 1. The predicted molar refractivity (Wildman–Crippen MR) is 117 cm³/mol. The number of nitrogens with zero attached hydrogens (tertiary/aromatic N) is 5. The molecule has 6 nitrogen and oxygen atoms in total. The molecular formula is C24H13N6. The molecule has 2 aromatic carbocycles. The van der Waals surface area contributed by atoms with Gasteiger partial charge in [0.2, 0.25) is 0 Å². The first-order valence-corrected chi connectivity index (χ1v) is 9.70. The van der Waals surface area contributed by atoms with Gasteiger partial charge in [-0.1, -0.05) is 0 Å². The molecule has 6 heteroatoms. The van der Waals surface area contributed by atoms with Crippen LogP contribution in [0.4, 0.5) is 0 Å². The molecule has 139 valence electrons. The van der Waals surface area contributed by atoms with Gasteiger partial charge in [0.1, 0.15) is 16.9 Å². The summed E-state index contributed by atoms with van der Waals surface area (Å²) < 4.78 is 0. The van der Waals surface area contributed by atoms with Gasteiger partial charge in [-0.2, -0.15) is 0 Å². The number of aromatic amines is 1. The fraction of sp³-hybridized carbons (Fsp3) is 0. The van der Waals surface area contributed by atoms with E-state index in [4.69, 9.17) is 15.0 Å². The van der Waals surface area contributed by atoms with Crippen LogP contribution in [0.15, 0.2) is 48.8 Å². The molecule has 0 unspecified atom stereocenters. The van der Waals surface area contributed by atoms with Crippen LogP contribution >= 0.6 is 0 Å². The second-order valence-corrected chi connectivity index (χ2v) is 7.31. The lowest BCUT2D eigenvalue weighted by Gasteiger charge is -2.09. The summed E-state index contributed by atoms with van der Waals surface area (Å²) in [7, 11) is 0. The average Bonchev–Trinajstić information content (AvgIpc) is 3.48. The van der Waals surface area contributed by atoms with Crippen LogP contribution in [0.1, 0.15) is 5.82 Å². The van der Waals surface area contributed by atoms with E-state index in [1.54, 1.807) is 12.4 Å². The van der Waals surface area contributed by atoms with Crippen LogP contribution in [0.5, 0.6) is 0 Å². The highest BCUT2D eigenvalue weighted by molar-refractivity contribution is 6.22.